The molecule has 9 nitrogen and oxygen atoms in total. The number of benzene rings is 1. The first kappa shape index (κ1) is 26.0. The second kappa shape index (κ2) is 12.3. The van der Waals surface area contributed by atoms with Gasteiger partial charge in [0.15, 0.2) is 0 Å². The predicted molar refractivity (Wildman–Crippen MR) is 135 cm³/mol. The summed E-state index contributed by atoms with van der Waals surface area (Å²) in [7, 11) is 1.59. The summed E-state index contributed by atoms with van der Waals surface area (Å²) in [6, 6.07) is 6.48. The zero-order valence-corrected chi connectivity index (χ0v) is 21.3. The molecule has 1 atom stereocenters. The first-order valence-corrected chi connectivity index (χ1v) is 13.1. The van der Waals surface area contributed by atoms with Gasteiger partial charge in [-0.05, 0) is 50.3 Å². The number of ether oxygens (including phenoxy) is 2. The molecule has 9 heteroatoms. The van der Waals surface area contributed by atoms with Crippen LogP contribution in [0.25, 0.3) is 0 Å². The quantitative estimate of drug-likeness (QED) is 0.476. The number of carbonyl (C=O) groups is 3. The summed E-state index contributed by atoms with van der Waals surface area (Å²) in [5.74, 6) is 0.608. The van der Waals surface area contributed by atoms with Crippen molar-refractivity contribution in [2.45, 2.75) is 64.0 Å². The van der Waals surface area contributed by atoms with E-state index in [9.17, 15) is 14.4 Å². The van der Waals surface area contributed by atoms with Crippen LogP contribution in [0, 0.1) is 5.92 Å². The van der Waals surface area contributed by atoms with Gasteiger partial charge >= 0.3 is 12.0 Å². The number of nitrogens with one attached hydrogen (secondary N) is 3. The highest BCUT2D eigenvalue weighted by molar-refractivity contribution is 5.95. The third kappa shape index (κ3) is 6.37. The number of amides is 3. The van der Waals surface area contributed by atoms with Crippen molar-refractivity contribution in [3.63, 3.8) is 0 Å². The summed E-state index contributed by atoms with van der Waals surface area (Å²) in [4.78, 5) is 40.5. The number of esters is 1. The lowest BCUT2D eigenvalue weighted by molar-refractivity contribution is -0.139. The van der Waals surface area contributed by atoms with Crippen molar-refractivity contribution >= 4 is 17.9 Å². The fourth-order valence-electron chi connectivity index (χ4n) is 5.38. The molecule has 1 aromatic carbocycles. The van der Waals surface area contributed by atoms with Crippen molar-refractivity contribution in [2.75, 3.05) is 33.4 Å². The SMILES string of the molecule is CCOC(=O)C1=C(CN2CCC(NC(=O)C3CCCCC3)CC2)NC(=O)NC1c1ccc(OC)cc1. The topological polar surface area (TPSA) is 109 Å². The summed E-state index contributed by atoms with van der Waals surface area (Å²) in [6.45, 7) is 3.97. The molecule has 2 heterocycles. The Bertz CT molecular complexity index is 963. The Kier molecular flexibility index (Phi) is 8.85. The molecule has 4 rings (SSSR count). The van der Waals surface area contributed by atoms with Gasteiger partial charge in [0.1, 0.15) is 5.75 Å². The highest BCUT2D eigenvalue weighted by Gasteiger charge is 2.35. The highest BCUT2D eigenvalue weighted by Crippen LogP contribution is 2.30. The van der Waals surface area contributed by atoms with E-state index in [2.05, 4.69) is 20.9 Å². The van der Waals surface area contributed by atoms with E-state index < -0.39 is 12.0 Å². The number of hydrogen-bond acceptors (Lipinski definition) is 6. The molecule has 0 bridgehead atoms. The van der Waals surface area contributed by atoms with Gasteiger partial charge in [0.25, 0.3) is 0 Å². The van der Waals surface area contributed by atoms with Gasteiger partial charge in [-0.15, -0.1) is 0 Å². The molecule has 0 spiro atoms. The molecule has 1 aromatic rings. The first-order chi connectivity index (χ1) is 17.5. The second-order valence-electron chi connectivity index (χ2n) is 9.81. The van der Waals surface area contributed by atoms with E-state index in [1.54, 1.807) is 26.2 Å². The maximum Gasteiger partial charge on any atom is 0.338 e. The van der Waals surface area contributed by atoms with Crippen molar-refractivity contribution in [2.24, 2.45) is 5.92 Å². The Hall–Kier alpha value is -3.07. The number of urea groups is 1. The number of likely N-dealkylation sites (tertiary alicyclic amines) is 1. The minimum absolute atomic E-state index is 0.161. The van der Waals surface area contributed by atoms with Crippen LogP contribution in [-0.2, 0) is 14.3 Å². The van der Waals surface area contributed by atoms with Gasteiger partial charge in [0.2, 0.25) is 5.91 Å². The van der Waals surface area contributed by atoms with Crippen LogP contribution >= 0.6 is 0 Å². The van der Waals surface area contributed by atoms with Crippen molar-refractivity contribution in [1.82, 2.24) is 20.9 Å². The monoisotopic (exact) mass is 498 g/mol. The predicted octanol–water partition coefficient (Wildman–Crippen LogP) is 3.03. The highest BCUT2D eigenvalue weighted by atomic mass is 16.5. The number of piperidine rings is 1. The summed E-state index contributed by atoms with van der Waals surface area (Å²) in [5, 5.41) is 8.99. The van der Waals surface area contributed by atoms with E-state index in [1.807, 2.05) is 12.1 Å². The van der Waals surface area contributed by atoms with Gasteiger partial charge in [-0.3, -0.25) is 9.69 Å². The van der Waals surface area contributed by atoms with Crippen LogP contribution in [-0.4, -0.2) is 62.2 Å². The van der Waals surface area contributed by atoms with Gasteiger partial charge in [-0.2, -0.15) is 0 Å². The molecular formula is C27H38N4O5. The summed E-state index contributed by atoms with van der Waals surface area (Å²) >= 11 is 0. The fourth-order valence-corrected chi connectivity index (χ4v) is 5.38. The van der Waals surface area contributed by atoms with E-state index in [1.165, 1.54) is 6.42 Å². The molecule has 1 saturated carbocycles. The molecule has 2 fully saturated rings. The van der Waals surface area contributed by atoms with Crippen LogP contribution in [0.3, 0.4) is 0 Å². The maximum atomic E-state index is 13.0. The van der Waals surface area contributed by atoms with Crippen molar-refractivity contribution < 1.29 is 23.9 Å². The zero-order chi connectivity index (χ0) is 25.5. The molecule has 1 aliphatic carbocycles. The zero-order valence-electron chi connectivity index (χ0n) is 21.3. The Morgan fingerprint density at radius 1 is 1.06 bits per heavy atom. The van der Waals surface area contributed by atoms with Crippen molar-refractivity contribution in [3.05, 3.63) is 41.1 Å². The van der Waals surface area contributed by atoms with Crippen LogP contribution in [0.2, 0.25) is 0 Å². The number of hydrogen-bond donors (Lipinski definition) is 3. The third-order valence-electron chi connectivity index (χ3n) is 7.39. The first-order valence-electron chi connectivity index (χ1n) is 13.1. The summed E-state index contributed by atoms with van der Waals surface area (Å²) in [5.41, 5.74) is 1.74. The Morgan fingerprint density at radius 2 is 1.75 bits per heavy atom. The summed E-state index contributed by atoms with van der Waals surface area (Å²) in [6.07, 6.45) is 7.20. The number of methoxy groups -OCH3 is 1. The average Bonchev–Trinajstić information content (AvgIpc) is 2.90. The molecule has 3 N–H and O–H groups in total. The smallest absolute Gasteiger partial charge is 0.338 e. The van der Waals surface area contributed by atoms with E-state index in [4.69, 9.17) is 9.47 Å². The Labute approximate surface area is 213 Å². The third-order valence-corrected chi connectivity index (χ3v) is 7.39. The van der Waals surface area contributed by atoms with Crippen molar-refractivity contribution in [1.29, 1.82) is 0 Å². The fraction of sp³-hybridized carbons (Fsp3) is 0.593. The Morgan fingerprint density at radius 3 is 2.39 bits per heavy atom. The molecule has 196 valence electrons. The molecule has 36 heavy (non-hydrogen) atoms. The van der Waals surface area contributed by atoms with Crippen LogP contribution in [0.5, 0.6) is 5.75 Å². The molecule has 3 amide bonds. The summed E-state index contributed by atoms with van der Waals surface area (Å²) < 4.78 is 10.6. The van der Waals surface area contributed by atoms with Crippen LogP contribution < -0.4 is 20.7 Å². The molecule has 3 aliphatic rings. The van der Waals surface area contributed by atoms with Gasteiger partial charge in [-0.25, -0.2) is 9.59 Å². The van der Waals surface area contributed by atoms with E-state index in [0.29, 0.717) is 23.6 Å². The van der Waals surface area contributed by atoms with Gasteiger partial charge < -0.3 is 25.4 Å². The minimum Gasteiger partial charge on any atom is -0.497 e. The van der Waals surface area contributed by atoms with Crippen molar-refractivity contribution in [3.8, 4) is 5.75 Å². The van der Waals surface area contributed by atoms with Crippen LogP contribution in [0.15, 0.2) is 35.5 Å². The van der Waals surface area contributed by atoms with Gasteiger partial charge in [0, 0.05) is 37.3 Å². The standard InChI is InChI=1S/C27H38N4O5/c1-3-36-26(33)23-22(29-27(34)30-24(23)18-9-11-21(35-2)12-10-18)17-31-15-13-20(14-16-31)28-25(32)19-7-5-4-6-8-19/h9-12,19-20,24H,3-8,13-17H2,1-2H3,(H,28,32)(H2,29,30,34). The lowest BCUT2D eigenvalue weighted by Crippen LogP contribution is -2.51. The molecule has 2 aliphatic heterocycles. The molecule has 0 aromatic heterocycles. The number of carbonyl (C=O) groups excluding carboxylic acids is 3. The van der Waals surface area contributed by atoms with Gasteiger partial charge in [-0.1, -0.05) is 31.4 Å². The Balaban J connectivity index is 1.44. The number of nitrogens with zero attached hydrogens (tertiary/aromatic N) is 1. The maximum absolute atomic E-state index is 13.0. The molecule has 0 radical (unpaired) electrons. The lowest BCUT2D eigenvalue weighted by atomic mass is 9.88. The van der Waals surface area contributed by atoms with Crippen LogP contribution in [0.1, 0.15) is 63.5 Å². The van der Waals surface area contributed by atoms with E-state index in [0.717, 1.165) is 57.2 Å². The number of rotatable bonds is 8. The van der Waals surface area contributed by atoms with Crippen LogP contribution in [0.4, 0.5) is 4.79 Å². The molecule has 1 unspecified atom stereocenters. The average molecular weight is 499 g/mol. The van der Waals surface area contributed by atoms with E-state index in [-0.39, 0.29) is 30.5 Å². The van der Waals surface area contributed by atoms with E-state index >= 15 is 0 Å². The van der Waals surface area contributed by atoms with Gasteiger partial charge in [0.05, 0.1) is 25.3 Å². The minimum atomic E-state index is -0.619. The molecular weight excluding hydrogens is 460 g/mol. The second-order valence-corrected chi connectivity index (χ2v) is 9.81. The molecule has 1 saturated heterocycles. The normalized spacial score (nSPS) is 21.9. The largest absolute Gasteiger partial charge is 0.497 e. The lowest BCUT2D eigenvalue weighted by Gasteiger charge is -2.36.